The minimum Gasteiger partial charge on any atom is -0.481 e. The first-order valence-electron chi connectivity index (χ1n) is 17.3. The summed E-state index contributed by atoms with van der Waals surface area (Å²) in [7, 11) is 0. The molecule has 0 aromatic rings. The quantitative estimate of drug-likeness (QED) is 0.183. The van der Waals surface area contributed by atoms with Crippen LogP contribution < -0.4 is 0 Å². The highest BCUT2D eigenvalue weighted by Crippen LogP contribution is 2.88. The lowest BCUT2D eigenvalue weighted by Crippen LogP contribution is -2.65. The van der Waals surface area contributed by atoms with Gasteiger partial charge in [-0.15, -0.1) is 0 Å². The molecule has 6 aliphatic rings. The first kappa shape index (κ1) is 34.5. The molecule has 2 spiro atoms. The number of carboxylic acid groups (broad SMARTS) is 1. The number of aliphatic hydroxyl groups is 5. The number of carboxylic acids is 1. The minimum atomic E-state index is -1.45. The van der Waals surface area contributed by atoms with Crippen molar-refractivity contribution in [2.45, 2.75) is 148 Å². The van der Waals surface area contributed by atoms with Crippen molar-refractivity contribution >= 4 is 11.9 Å². The fourth-order valence-electron chi connectivity index (χ4n) is 12.1. The second-order valence-electron chi connectivity index (χ2n) is 17.6. The third-order valence-electron chi connectivity index (χ3n) is 14.8. The van der Waals surface area contributed by atoms with Crippen molar-refractivity contribution in [3.63, 3.8) is 0 Å². The van der Waals surface area contributed by atoms with Crippen LogP contribution in [0.5, 0.6) is 0 Å². The highest BCUT2D eigenvalue weighted by atomic mass is 16.7. The zero-order valence-corrected chi connectivity index (χ0v) is 28.4. The van der Waals surface area contributed by atoms with Crippen LogP contribution in [0.1, 0.15) is 99.8 Å². The maximum atomic E-state index is 13.8. The normalized spacial score (nSPS) is 52.4. The largest absolute Gasteiger partial charge is 0.481 e. The van der Waals surface area contributed by atoms with E-state index in [0.29, 0.717) is 25.7 Å². The molecule has 0 radical (unpaired) electrons. The van der Waals surface area contributed by atoms with Gasteiger partial charge in [0.25, 0.3) is 0 Å². The van der Waals surface area contributed by atoms with Gasteiger partial charge in [-0.25, -0.2) is 0 Å². The highest BCUT2D eigenvalue weighted by molar-refractivity contribution is 5.81. The van der Waals surface area contributed by atoms with Crippen LogP contribution in [0.25, 0.3) is 0 Å². The molecule has 11 nitrogen and oxygen atoms in total. The van der Waals surface area contributed by atoms with Crippen LogP contribution in [-0.4, -0.2) is 97.7 Å². The number of esters is 1. The van der Waals surface area contributed by atoms with Crippen molar-refractivity contribution < 1.29 is 54.4 Å². The number of hydrogen-bond donors (Lipinski definition) is 6. The van der Waals surface area contributed by atoms with Gasteiger partial charge >= 0.3 is 11.9 Å². The van der Waals surface area contributed by atoms with E-state index >= 15 is 0 Å². The van der Waals surface area contributed by atoms with Crippen molar-refractivity contribution in [1.29, 1.82) is 0 Å². The van der Waals surface area contributed by atoms with Gasteiger partial charge in [0.1, 0.15) is 30.5 Å². The maximum absolute atomic E-state index is 13.8. The van der Waals surface area contributed by atoms with Gasteiger partial charge in [0.05, 0.1) is 29.6 Å². The standard InChI is InChI=1S/C35H56O11/c1-17-14-19(26(39)31(4,5)43)45-27(40)23(17)32(6)12-13-35-16-34(35)11-10-22(46-28-25(38)24(37)18(36)15-44-28)30(2,3)20(34)8-9-21(35)33(32,7)29(41)42/h17-26,28,36-39,43H,8-16H2,1-7H3,(H,41,42). The van der Waals surface area contributed by atoms with E-state index in [0.717, 1.165) is 25.7 Å². The second kappa shape index (κ2) is 10.8. The summed E-state index contributed by atoms with van der Waals surface area (Å²) in [6.07, 6.45) is -1.45. The number of carbonyl (C=O) groups excluding carboxylic acids is 1. The fraction of sp³-hybridized carbons (Fsp3) is 0.943. The number of aliphatic hydroxyl groups excluding tert-OH is 4. The topological polar surface area (TPSA) is 183 Å². The molecular weight excluding hydrogens is 596 g/mol. The summed E-state index contributed by atoms with van der Waals surface area (Å²) in [5.74, 6) is -2.12. The molecule has 46 heavy (non-hydrogen) atoms. The molecule has 2 saturated heterocycles. The van der Waals surface area contributed by atoms with Gasteiger partial charge in [0, 0.05) is 0 Å². The molecule has 6 rings (SSSR count). The first-order valence-corrected chi connectivity index (χ1v) is 17.3. The molecular formula is C35H56O11. The van der Waals surface area contributed by atoms with E-state index in [-0.39, 0.29) is 46.7 Å². The summed E-state index contributed by atoms with van der Waals surface area (Å²) in [6.45, 7) is 13.0. The Bertz CT molecular complexity index is 1230. The van der Waals surface area contributed by atoms with E-state index < -0.39 is 71.1 Å². The van der Waals surface area contributed by atoms with Gasteiger partial charge < -0.3 is 44.8 Å². The van der Waals surface area contributed by atoms with Crippen LogP contribution in [0.15, 0.2) is 0 Å². The van der Waals surface area contributed by atoms with Gasteiger partial charge in [0.15, 0.2) is 6.29 Å². The molecule has 6 N–H and O–H groups in total. The second-order valence-corrected chi connectivity index (χ2v) is 17.6. The zero-order valence-electron chi connectivity index (χ0n) is 28.4. The number of aliphatic carboxylic acids is 1. The zero-order chi connectivity index (χ0) is 34.0. The van der Waals surface area contributed by atoms with Gasteiger partial charge in [-0.05, 0) is 112 Å². The lowest BCUT2D eigenvalue weighted by Gasteiger charge is -2.64. The molecule has 0 amide bonds. The number of cyclic esters (lactones) is 1. The molecule has 262 valence electrons. The molecule has 11 heteroatoms. The molecule has 4 saturated carbocycles. The van der Waals surface area contributed by atoms with Crippen molar-refractivity contribution in [3.05, 3.63) is 0 Å². The van der Waals surface area contributed by atoms with Crippen LogP contribution in [0.3, 0.4) is 0 Å². The molecule has 0 aromatic carbocycles. The number of rotatable bonds is 6. The summed E-state index contributed by atoms with van der Waals surface area (Å²) in [6, 6.07) is 0. The van der Waals surface area contributed by atoms with E-state index in [2.05, 4.69) is 13.8 Å². The molecule has 0 aromatic heterocycles. The first-order chi connectivity index (χ1) is 21.2. The predicted octanol–water partition coefficient (Wildman–Crippen LogP) is 2.62. The molecule has 6 fully saturated rings. The molecule has 4 aliphatic carbocycles. The summed E-state index contributed by atoms with van der Waals surface area (Å²) in [5.41, 5.74) is -4.02. The third-order valence-corrected chi connectivity index (χ3v) is 14.8. The van der Waals surface area contributed by atoms with E-state index in [9.17, 15) is 40.2 Å². The van der Waals surface area contributed by atoms with Crippen molar-refractivity contribution in [3.8, 4) is 0 Å². The third kappa shape index (κ3) is 4.54. The van der Waals surface area contributed by atoms with Crippen molar-refractivity contribution in [2.75, 3.05) is 6.61 Å². The van der Waals surface area contributed by atoms with Crippen LogP contribution in [0.2, 0.25) is 0 Å². The van der Waals surface area contributed by atoms with Crippen LogP contribution in [-0.2, 0) is 23.8 Å². The Morgan fingerprint density at radius 2 is 1.61 bits per heavy atom. The van der Waals surface area contributed by atoms with Gasteiger partial charge in [-0.3, -0.25) is 9.59 Å². The molecule has 0 bridgehead atoms. The van der Waals surface area contributed by atoms with E-state index in [1.165, 1.54) is 13.8 Å². The number of carbonyl (C=O) groups is 2. The number of ether oxygens (including phenoxy) is 3. The monoisotopic (exact) mass is 652 g/mol. The summed E-state index contributed by atoms with van der Waals surface area (Å²) < 4.78 is 17.8. The molecule has 15 unspecified atom stereocenters. The molecule has 2 aliphatic heterocycles. The maximum Gasteiger partial charge on any atom is 0.310 e. The predicted molar refractivity (Wildman–Crippen MR) is 164 cm³/mol. The lowest BCUT2D eigenvalue weighted by molar-refractivity contribution is -0.303. The Balaban J connectivity index is 1.25. The molecule has 2 heterocycles. The van der Waals surface area contributed by atoms with Gasteiger partial charge in [0.2, 0.25) is 0 Å². The summed E-state index contributed by atoms with van der Waals surface area (Å²) in [5, 5.41) is 62.9. The smallest absolute Gasteiger partial charge is 0.310 e. The average molecular weight is 653 g/mol. The Morgan fingerprint density at radius 3 is 2.22 bits per heavy atom. The minimum absolute atomic E-state index is 0.0420. The van der Waals surface area contributed by atoms with Gasteiger partial charge in [-0.1, -0.05) is 27.7 Å². The molecule has 15 atom stereocenters. The Kier molecular flexibility index (Phi) is 8.13. The van der Waals surface area contributed by atoms with Crippen molar-refractivity contribution in [2.24, 2.45) is 50.7 Å². The van der Waals surface area contributed by atoms with Crippen LogP contribution in [0, 0.1) is 50.7 Å². The SMILES string of the molecule is CC1CC(C(O)C(C)(C)O)OC(=O)C1C1(C)CCC23CC24CCC(OC2OCC(O)C(O)C2O)C(C)(C)C4CCC3C1(C)C(=O)O. The van der Waals surface area contributed by atoms with Crippen LogP contribution in [0.4, 0.5) is 0 Å². The number of hydrogen-bond acceptors (Lipinski definition) is 10. The average Bonchev–Trinajstić information content (AvgIpc) is 3.63. The van der Waals surface area contributed by atoms with Gasteiger partial charge in [-0.2, -0.15) is 0 Å². The van der Waals surface area contributed by atoms with Crippen molar-refractivity contribution in [1.82, 2.24) is 0 Å². The lowest BCUT2D eigenvalue weighted by atomic mass is 9.39. The summed E-state index contributed by atoms with van der Waals surface area (Å²) >= 11 is 0. The van der Waals surface area contributed by atoms with E-state index in [4.69, 9.17) is 14.2 Å². The highest BCUT2D eigenvalue weighted by Gasteiger charge is 2.83. The van der Waals surface area contributed by atoms with E-state index in [1.807, 2.05) is 20.8 Å². The van der Waals surface area contributed by atoms with Crippen LogP contribution >= 0.6 is 0 Å². The fourth-order valence-corrected chi connectivity index (χ4v) is 12.1. The van der Waals surface area contributed by atoms with E-state index in [1.54, 1.807) is 0 Å². The Morgan fingerprint density at radius 1 is 0.978 bits per heavy atom. The Hall–Kier alpha value is -1.34. The summed E-state index contributed by atoms with van der Waals surface area (Å²) in [4.78, 5) is 27.4. The Labute approximate surface area is 272 Å².